The first-order valence-corrected chi connectivity index (χ1v) is 10.1. The molecule has 0 radical (unpaired) electrons. The van der Waals surface area contributed by atoms with Gasteiger partial charge in [-0.3, -0.25) is 14.5 Å². The fourth-order valence-corrected chi connectivity index (χ4v) is 4.90. The minimum atomic E-state index is -0.138. The third-order valence-corrected chi connectivity index (χ3v) is 5.88. The number of nitrogens with zero attached hydrogens (tertiary/aromatic N) is 2. The summed E-state index contributed by atoms with van der Waals surface area (Å²) < 4.78 is 6.07. The van der Waals surface area contributed by atoms with Crippen molar-refractivity contribution in [2.45, 2.75) is 77.2 Å². The number of amides is 1. The lowest BCUT2D eigenvalue weighted by Crippen LogP contribution is -2.52. The van der Waals surface area contributed by atoms with Gasteiger partial charge in [-0.25, -0.2) is 0 Å². The van der Waals surface area contributed by atoms with Crippen LogP contribution in [0.3, 0.4) is 0 Å². The summed E-state index contributed by atoms with van der Waals surface area (Å²) in [5.41, 5.74) is 0.0644. The molecule has 2 heterocycles. The second kappa shape index (κ2) is 8.45. The van der Waals surface area contributed by atoms with Crippen LogP contribution in [-0.4, -0.2) is 71.1 Å². The summed E-state index contributed by atoms with van der Waals surface area (Å²) in [6.07, 6.45) is 2.59. The molecule has 0 aromatic rings. The van der Waals surface area contributed by atoms with E-state index >= 15 is 0 Å². The van der Waals surface area contributed by atoms with Crippen molar-refractivity contribution in [2.24, 2.45) is 5.92 Å². The van der Waals surface area contributed by atoms with Crippen molar-refractivity contribution in [3.8, 4) is 0 Å². The summed E-state index contributed by atoms with van der Waals surface area (Å²) in [7, 11) is 3.84. The van der Waals surface area contributed by atoms with Gasteiger partial charge in [0.1, 0.15) is 0 Å². The zero-order valence-corrected chi connectivity index (χ0v) is 17.4. The zero-order chi connectivity index (χ0) is 18.8. The van der Waals surface area contributed by atoms with Gasteiger partial charge in [-0.05, 0) is 33.2 Å². The molecule has 4 atom stereocenters. The number of ether oxygens (including phenoxy) is 1. The Balaban J connectivity index is 2.22. The van der Waals surface area contributed by atoms with Crippen molar-refractivity contribution in [1.29, 1.82) is 0 Å². The molecule has 2 bridgehead atoms. The van der Waals surface area contributed by atoms with Crippen molar-refractivity contribution < 1.29 is 14.3 Å². The highest BCUT2D eigenvalue weighted by Crippen LogP contribution is 2.34. The van der Waals surface area contributed by atoms with Crippen LogP contribution < -0.4 is 0 Å². The van der Waals surface area contributed by atoms with E-state index in [1.165, 1.54) is 0 Å². The van der Waals surface area contributed by atoms with Gasteiger partial charge in [-0.2, -0.15) is 5.66 Å². The number of fused-ring (bicyclic) bond motifs is 2. The molecule has 0 aromatic carbocycles. The van der Waals surface area contributed by atoms with E-state index in [0.29, 0.717) is 18.9 Å². The predicted octanol–water partition coefficient (Wildman–Crippen LogP) is 2.60. The number of carbonyl (C=O) groups is 2. The van der Waals surface area contributed by atoms with Crippen LogP contribution >= 0.6 is 9.24 Å². The molecule has 0 aliphatic carbocycles. The fraction of sp³-hybridized carbons (Fsp3) is 0.895. The van der Waals surface area contributed by atoms with Gasteiger partial charge >= 0.3 is 0 Å². The highest BCUT2D eigenvalue weighted by molar-refractivity contribution is 7.17. The predicted molar refractivity (Wildman–Crippen MR) is 102 cm³/mol. The first-order chi connectivity index (χ1) is 11.6. The van der Waals surface area contributed by atoms with Crippen molar-refractivity contribution in [2.75, 3.05) is 26.2 Å². The number of Topliss-reactive ketones (excluding diaryl/α,β-unsaturated/α-hetero) is 1. The maximum Gasteiger partial charge on any atom is 0.219 e. The van der Waals surface area contributed by atoms with Gasteiger partial charge in [-0.1, -0.05) is 20.3 Å². The Kier molecular flexibility index (Phi) is 7.03. The summed E-state index contributed by atoms with van der Waals surface area (Å²) in [4.78, 5) is 28.9. The highest BCUT2D eigenvalue weighted by Gasteiger charge is 2.44. The summed E-state index contributed by atoms with van der Waals surface area (Å²) in [5.74, 6) is 0.449. The topological polar surface area (TPSA) is 49.9 Å². The van der Waals surface area contributed by atoms with Gasteiger partial charge < -0.3 is 18.9 Å². The van der Waals surface area contributed by atoms with Crippen LogP contribution in [0.1, 0.15) is 53.9 Å². The summed E-state index contributed by atoms with van der Waals surface area (Å²) in [5, 5.41) is 0. The molecular formula is C19H34N2O3P-. The number of ketones is 1. The molecule has 0 spiro atoms. The fourth-order valence-electron chi connectivity index (χ4n) is 4.18. The Morgan fingerprint density at radius 1 is 1.24 bits per heavy atom. The minimum absolute atomic E-state index is 0.0326. The summed E-state index contributed by atoms with van der Waals surface area (Å²) in [6, 6.07) is -0.0662. The van der Waals surface area contributed by atoms with E-state index in [1.807, 2.05) is 18.7 Å². The van der Waals surface area contributed by atoms with E-state index in [2.05, 4.69) is 28.0 Å². The van der Waals surface area contributed by atoms with Gasteiger partial charge in [0.2, 0.25) is 5.91 Å². The van der Waals surface area contributed by atoms with E-state index in [-0.39, 0.29) is 35.2 Å². The van der Waals surface area contributed by atoms with Crippen LogP contribution in [-0.2, 0) is 14.3 Å². The van der Waals surface area contributed by atoms with Gasteiger partial charge in [-0.15, -0.1) is 0 Å². The van der Waals surface area contributed by atoms with Crippen molar-refractivity contribution >= 4 is 20.9 Å². The summed E-state index contributed by atoms with van der Waals surface area (Å²) >= 11 is 0. The molecule has 2 aliphatic heterocycles. The number of carbonyl (C=O) groups excluding carboxylic acids is 2. The third kappa shape index (κ3) is 5.24. The van der Waals surface area contributed by atoms with Crippen molar-refractivity contribution in [3.05, 3.63) is 0 Å². The Morgan fingerprint density at radius 3 is 2.52 bits per heavy atom. The molecular weight excluding hydrogens is 335 g/mol. The molecule has 2 fully saturated rings. The number of rotatable bonds is 2. The van der Waals surface area contributed by atoms with Gasteiger partial charge in [0, 0.05) is 38.1 Å². The second-order valence-electron chi connectivity index (χ2n) is 8.49. The van der Waals surface area contributed by atoms with Crippen LogP contribution in [0, 0.1) is 5.92 Å². The van der Waals surface area contributed by atoms with Crippen molar-refractivity contribution in [3.63, 3.8) is 0 Å². The van der Waals surface area contributed by atoms with Gasteiger partial charge in [0.25, 0.3) is 0 Å². The standard InChI is InChI=1S/C19H34N2O3P/c1-13(2)18(23)17-9-15-11-21(17)19(4,5)10-16(25)12-20(14(3)22)7-6-8-24-15/h13,15-17,25H,6-12H2,1-5H3/q-1/t15-,16+,17?/m1/s1. The smallest absolute Gasteiger partial charge is 0.219 e. The van der Waals surface area contributed by atoms with Crippen LogP contribution in [0.5, 0.6) is 0 Å². The first kappa shape index (κ1) is 20.8. The van der Waals surface area contributed by atoms with Gasteiger partial charge in [0.15, 0.2) is 5.78 Å². The number of hydrogen-bond acceptors (Lipinski definition) is 4. The molecule has 2 aliphatic rings. The molecule has 0 N–H and O–H groups in total. The van der Waals surface area contributed by atoms with Crippen LogP contribution in [0.4, 0.5) is 0 Å². The highest BCUT2D eigenvalue weighted by atomic mass is 31.0. The molecule has 25 heavy (non-hydrogen) atoms. The Labute approximate surface area is 155 Å². The zero-order valence-electron chi connectivity index (χ0n) is 16.4. The van der Waals surface area contributed by atoms with E-state index in [4.69, 9.17) is 4.74 Å². The Hall–Kier alpha value is -0.510. The van der Waals surface area contributed by atoms with Crippen molar-refractivity contribution in [1.82, 2.24) is 9.80 Å². The van der Waals surface area contributed by atoms with Crippen LogP contribution in [0.25, 0.3) is 0 Å². The lowest BCUT2D eigenvalue weighted by atomic mass is 9.91. The largest absolute Gasteiger partial charge is 0.553 e. The molecule has 2 rings (SSSR count). The average Bonchev–Trinajstić information content (AvgIpc) is 2.92. The maximum atomic E-state index is 12.8. The monoisotopic (exact) mass is 369 g/mol. The second-order valence-corrected chi connectivity index (χ2v) is 9.30. The third-order valence-electron chi connectivity index (χ3n) is 5.50. The molecule has 0 saturated carbocycles. The van der Waals surface area contributed by atoms with E-state index in [0.717, 1.165) is 32.4 Å². The number of hydrogen-bond donors (Lipinski definition) is 0. The maximum absolute atomic E-state index is 12.8. The SMILES string of the molecule is CC(=O)N1CCCO[C@@H]2CC(C(=O)C(C)C)N(C2)C(C)(C)C[C@H]([PH-])C1. The Morgan fingerprint density at radius 2 is 1.92 bits per heavy atom. The van der Waals surface area contributed by atoms with Gasteiger partial charge in [0.05, 0.1) is 12.1 Å². The molecule has 5 nitrogen and oxygen atoms in total. The van der Waals surface area contributed by atoms with E-state index in [1.54, 1.807) is 6.92 Å². The normalized spacial score (nSPS) is 33.6. The molecule has 0 aromatic heterocycles. The first-order valence-electron chi connectivity index (χ1n) is 9.50. The van der Waals surface area contributed by atoms with Crippen LogP contribution in [0.2, 0.25) is 0 Å². The summed E-state index contributed by atoms with van der Waals surface area (Å²) in [6.45, 7) is 12.9. The van der Waals surface area contributed by atoms with E-state index < -0.39 is 0 Å². The molecule has 2 unspecified atom stereocenters. The Bertz CT molecular complexity index is 495. The molecule has 2 saturated heterocycles. The lowest BCUT2D eigenvalue weighted by Gasteiger charge is -2.44. The molecule has 144 valence electrons. The van der Waals surface area contributed by atoms with Crippen LogP contribution in [0.15, 0.2) is 0 Å². The average molecular weight is 369 g/mol. The molecule has 1 amide bonds. The quantitative estimate of drug-likeness (QED) is 0.702. The molecule has 6 heteroatoms. The lowest BCUT2D eigenvalue weighted by molar-refractivity contribution is -0.129. The van der Waals surface area contributed by atoms with E-state index in [9.17, 15) is 9.59 Å². The minimum Gasteiger partial charge on any atom is -0.553 e.